The monoisotopic (exact) mass is 882 g/mol. The van der Waals surface area contributed by atoms with Crippen LogP contribution in [0.25, 0.3) is 72.1 Å². The molecule has 326 valence electrons. The van der Waals surface area contributed by atoms with Crippen molar-refractivity contribution in [2.75, 3.05) is 9.80 Å². The van der Waals surface area contributed by atoms with E-state index in [2.05, 4.69) is 287 Å². The van der Waals surface area contributed by atoms with E-state index in [-0.39, 0.29) is 0 Å². The van der Waals surface area contributed by atoms with E-state index in [0.717, 1.165) is 78.4 Å². The molecule has 0 unspecified atom stereocenters. The summed E-state index contributed by atoms with van der Waals surface area (Å²) in [6.07, 6.45) is 1.94. The summed E-state index contributed by atoms with van der Waals surface area (Å²) in [5.41, 5.74) is 18.9. The van der Waals surface area contributed by atoms with Crippen molar-refractivity contribution in [1.29, 1.82) is 0 Å². The minimum atomic E-state index is 0.918. The van der Waals surface area contributed by atoms with Crippen LogP contribution in [0.3, 0.4) is 0 Å². The Balaban J connectivity index is 1.00. The van der Waals surface area contributed by atoms with Crippen LogP contribution in [0.5, 0.6) is 0 Å². The Labute approximate surface area is 402 Å². The molecule has 0 radical (unpaired) electrons. The maximum absolute atomic E-state index is 4.97. The van der Waals surface area contributed by atoms with Crippen molar-refractivity contribution in [2.45, 2.75) is 0 Å². The molecule has 0 spiro atoms. The average molecular weight is 883 g/mol. The first-order chi connectivity index (χ1) is 34.2. The van der Waals surface area contributed by atoms with E-state index in [0.29, 0.717) is 0 Å². The molecule has 4 heteroatoms. The van der Waals surface area contributed by atoms with Crippen molar-refractivity contribution in [3.63, 3.8) is 0 Å². The van der Waals surface area contributed by atoms with E-state index in [1.807, 2.05) is 6.20 Å². The van der Waals surface area contributed by atoms with Gasteiger partial charge in [0.15, 0.2) is 0 Å². The summed E-state index contributed by atoms with van der Waals surface area (Å²) in [7, 11) is 0. The second-order valence-electron chi connectivity index (χ2n) is 17.2. The molecular weight excluding hydrogens is 837 g/mol. The third-order valence-electron chi connectivity index (χ3n) is 13.0. The van der Waals surface area contributed by atoms with Crippen LogP contribution in [0.1, 0.15) is 0 Å². The van der Waals surface area contributed by atoms with Gasteiger partial charge in [-0.3, -0.25) is 4.98 Å². The fraction of sp³-hybridized carbons (Fsp3) is 0. The Hall–Kier alpha value is -9.25. The number of benzene rings is 10. The first kappa shape index (κ1) is 41.2. The zero-order chi connectivity index (χ0) is 45.9. The molecule has 69 heavy (non-hydrogen) atoms. The van der Waals surface area contributed by atoms with Gasteiger partial charge in [-0.2, -0.15) is 0 Å². The van der Waals surface area contributed by atoms with Crippen LogP contribution in [0.4, 0.5) is 34.1 Å². The minimum absolute atomic E-state index is 0.918. The van der Waals surface area contributed by atoms with Crippen molar-refractivity contribution in [1.82, 2.24) is 9.55 Å². The minimum Gasteiger partial charge on any atom is -0.310 e. The van der Waals surface area contributed by atoms with Crippen molar-refractivity contribution in [3.8, 4) is 50.3 Å². The van der Waals surface area contributed by atoms with Crippen LogP contribution >= 0.6 is 0 Å². The molecule has 0 atom stereocenters. The third kappa shape index (κ3) is 7.90. The standard InChI is InChI=1S/C65H46N4/c1-7-20-47(21-8-1)58-32-19-33-59(48-22-9-2-10-23-48)65(58)50-42-43-66-62(44-50)49-34-36-55(37-35-49)69-63-40-38-56(67(51-24-11-3-12-25-51)52-26-13-4-14-27-52)45-60(63)61-46-57(39-41-64(61)69)68(53-28-15-5-16-29-53)54-30-17-6-18-31-54/h1-46H. The highest BCUT2D eigenvalue weighted by Crippen LogP contribution is 2.44. The number of hydrogen-bond donors (Lipinski definition) is 0. The number of anilines is 6. The quantitative estimate of drug-likeness (QED) is 0.129. The fourth-order valence-electron chi connectivity index (χ4n) is 9.86. The normalized spacial score (nSPS) is 11.2. The van der Waals surface area contributed by atoms with Crippen LogP contribution in [-0.4, -0.2) is 9.55 Å². The fourth-order valence-corrected chi connectivity index (χ4v) is 9.86. The van der Waals surface area contributed by atoms with E-state index < -0.39 is 0 Å². The van der Waals surface area contributed by atoms with Gasteiger partial charge >= 0.3 is 0 Å². The lowest BCUT2D eigenvalue weighted by molar-refractivity contribution is 1.18. The predicted molar refractivity (Wildman–Crippen MR) is 290 cm³/mol. The molecule has 12 aromatic rings. The van der Waals surface area contributed by atoms with Gasteiger partial charge in [0.2, 0.25) is 0 Å². The van der Waals surface area contributed by atoms with E-state index in [4.69, 9.17) is 4.98 Å². The van der Waals surface area contributed by atoms with E-state index in [1.165, 1.54) is 27.8 Å². The van der Waals surface area contributed by atoms with Gasteiger partial charge in [0.05, 0.1) is 16.7 Å². The second-order valence-corrected chi connectivity index (χ2v) is 17.2. The molecule has 0 bridgehead atoms. The first-order valence-electron chi connectivity index (χ1n) is 23.4. The highest BCUT2D eigenvalue weighted by atomic mass is 15.1. The zero-order valence-electron chi connectivity index (χ0n) is 37.8. The lowest BCUT2D eigenvalue weighted by Crippen LogP contribution is -2.09. The topological polar surface area (TPSA) is 24.3 Å². The molecule has 0 saturated carbocycles. The maximum atomic E-state index is 4.97. The average Bonchev–Trinajstić information content (AvgIpc) is 3.75. The molecule has 0 saturated heterocycles. The number of nitrogens with zero attached hydrogens (tertiary/aromatic N) is 4. The van der Waals surface area contributed by atoms with Gasteiger partial charge in [0.1, 0.15) is 0 Å². The molecule has 0 aliphatic heterocycles. The van der Waals surface area contributed by atoms with Gasteiger partial charge < -0.3 is 14.4 Å². The molecule has 2 aromatic heterocycles. The Morgan fingerprint density at radius 1 is 0.290 bits per heavy atom. The van der Waals surface area contributed by atoms with Crippen LogP contribution < -0.4 is 9.80 Å². The van der Waals surface area contributed by atoms with Gasteiger partial charge in [-0.15, -0.1) is 0 Å². The zero-order valence-corrected chi connectivity index (χ0v) is 37.8. The van der Waals surface area contributed by atoms with E-state index >= 15 is 0 Å². The van der Waals surface area contributed by atoms with Crippen LogP contribution in [0, 0.1) is 0 Å². The molecular formula is C65H46N4. The molecule has 0 amide bonds. The van der Waals surface area contributed by atoms with Gasteiger partial charge in [-0.1, -0.05) is 164 Å². The van der Waals surface area contributed by atoms with Crippen LogP contribution in [0.2, 0.25) is 0 Å². The molecule has 0 N–H and O–H groups in total. The summed E-state index contributed by atoms with van der Waals surface area (Å²) in [5.74, 6) is 0. The molecule has 2 heterocycles. The van der Waals surface area contributed by atoms with Crippen LogP contribution in [0.15, 0.2) is 279 Å². The van der Waals surface area contributed by atoms with E-state index in [9.17, 15) is 0 Å². The van der Waals surface area contributed by atoms with Gasteiger partial charge in [0, 0.05) is 62.3 Å². The summed E-state index contributed by atoms with van der Waals surface area (Å²) in [4.78, 5) is 9.64. The Morgan fingerprint density at radius 3 is 1.12 bits per heavy atom. The molecule has 10 aromatic carbocycles. The molecule has 0 aliphatic rings. The number of hydrogen-bond acceptors (Lipinski definition) is 3. The summed E-state index contributed by atoms with van der Waals surface area (Å²) in [6.45, 7) is 0. The summed E-state index contributed by atoms with van der Waals surface area (Å²) in [6, 6.07) is 97.5. The van der Waals surface area contributed by atoms with Crippen LogP contribution in [-0.2, 0) is 0 Å². The number of para-hydroxylation sites is 4. The van der Waals surface area contributed by atoms with Crippen molar-refractivity contribution < 1.29 is 0 Å². The molecule has 0 aliphatic carbocycles. The van der Waals surface area contributed by atoms with Gasteiger partial charge in [-0.05, 0) is 143 Å². The Morgan fingerprint density at radius 2 is 0.696 bits per heavy atom. The predicted octanol–water partition coefficient (Wildman–Crippen LogP) is 17.8. The number of rotatable bonds is 11. The number of pyridine rings is 1. The van der Waals surface area contributed by atoms with Gasteiger partial charge in [0.25, 0.3) is 0 Å². The SMILES string of the molecule is c1ccc(-c2cccc(-c3ccccc3)c2-c2ccnc(-c3ccc(-n4c5ccc(N(c6ccccc6)c6ccccc6)cc5c5cc(N(c6ccccc6)c6ccccc6)ccc54)cc3)c2)cc1. The maximum Gasteiger partial charge on any atom is 0.0708 e. The highest BCUT2D eigenvalue weighted by Gasteiger charge is 2.21. The third-order valence-corrected chi connectivity index (χ3v) is 13.0. The van der Waals surface area contributed by atoms with Gasteiger partial charge in [-0.25, -0.2) is 0 Å². The molecule has 0 fully saturated rings. The number of fused-ring (bicyclic) bond motifs is 3. The first-order valence-corrected chi connectivity index (χ1v) is 23.4. The Bertz CT molecular complexity index is 3410. The molecule has 12 rings (SSSR count). The highest BCUT2D eigenvalue weighted by molar-refractivity contribution is 6.12. The largest absolute Gasteiger partial charge is 0.310 e. The molecule has 4 nitrogen and oxygen atoms in total. The number of aromatic nitrogens is 2. The lowest BCUT2D eigenvalue weighted by Gasteiger charge is -2.26. The lowest BCUT2D eigenvalue weighted by atomic mass is 9.87. The van der Waals surface area contributed by atoms with E-state index in [1.54, 1.807) is 0 Å². The van der Waals surface area contributed by atoms with Crippen molar-refractivity contribution in [3.05, 3.63) is 279 Å². The van der Waals surface area contributed by atoms with Crippen molar-refractivity contribution in [2.24, 2.45) is 0 Å². The Kier molecular flexibility index (Phi) is 10.9. The summed E-state index contributed by atoms with van der Waals surface area (Å²) >= 11 is 0. The second kappa shape index (κ2) is 18.2. The summed E-state index contributed by atoms with van der Waals surface area (Å²) < 4.78 is 2.40. The van der Waals surface area contributed by atoms with Crippen molar-refractivity contribution >= 4 is 55.9 Å². The smallest absolute Gasteiger partial charge is 0.0708 e. The summed E-state index contributed by atoms with van der Waals surface area (Å²) in [5, 5.41) is 2.32.